The smallest absolute Gasteiger partial charge is 0.240 e. The summed E-state index contributed by atoms with van der Waals surface area (Å²) in [6.07, 6.45) is 0.512. The average Bonchev–Trinajstić information content (AvgIpc) is 3.37. The minimum absolute atomic E-state index is 0.151. The Morgan fingerprint density at radius 1 is 0.895 bits per heavy atom. The molecule has 1 atom stereocenters. The lowest BCUT2D eigenvalue weighted by molar-refractivity contribution is -0.130. The maximum atomic E-state index is 12.8. The van der Waals surface area contributed by atoms with Crippen LogP contribution in [0, 0.1) is 13.8 Å². The lowest BCUT2D eigenvalue weighted by atomic mass is 9.89. The third kappa shape index (κ3) is 4.34. The quantitative estimate of drug-likeness (QED) is 0.308. The molecule has 0 bridgehead atoms. The Morgan fingerprint density at radius 3 is 2.16 bits per heavy atom. The Labute approximate surface area is 222 Å². The highest BCUT2D eigenvalue weighted by molar-refractivity contribution is 6.14. The van der Waals surface area contributed by atoms with Gasteiger partial charge in [0.15, 0.2) is 11.5 Å². The van der Waals surface area contributed by atoms with Crippen LogP contribution in [0.3, 0.4) is 0 Å². The summed E-state index contributed by atoms with van der Waals surface area (Å²) >= 11 is 0. The zero-order valence-corrected chi connectivity index (χ0v) is 22.5. The van der Waals surface area contributed by atoms with Crippen molar-refractivity contribution in [2.24, 2.45) is 5.10 Å². The molecule has 4 aromatic rings. The first-order chi connectivity index (χ1) is 18.4. The molecule has 7 nitrogen and oxygen atoms in total. The number of aryl methyl sites for hydroxylation is 2. The van der Waals surface area contributed by atoms with Crippen LogP contribution in [0.4, 0.5) is 0 Å². The minimum Gasteiger partial charge on any atom is -0.493 e. The predicted molar refractivity (Wildman–Crippen MR) is 149 cm³/mol. The number of hydrogen-bond acceptors (Lipinski definition) is 6. The Balaban J connectivity index is 1.69. The van der Waals surface area contributed by atoms with Gasteiger partial charge in [-0.15, -0.1) is 0 Å². The maximum absolute atomic E-state index is 12.8. The molecule has 1 amide bonds. The van der Waals surface area contributed by atoms with E-state index < -0.39 is 0 Å². The number of carbonyl (C=O) groups excluding carboxylic acids is 1. The summed E-state index contributed by atoms with van der Waals surface area (Å²) in [5, 5.41) is 7.48. The fourth-order valence-corrected chi connectivity index (χ4v) is 5.21. The van der Waals surface area contributed by atoms with E-state index in [2.05, 4.69) is 37.3 Å². The van der Waals surface area contributed by atoms with Gasteiger partial charge in [-0.1, -0.05) is 48.0 Å². The summed E-state index contributed by atoms with van der Waals surface area (Å²) in [5.41, 5.74) is 7.74. The number of rotatable bonds is 6. The summed E-state index contributed by atoms with van der Waals surface area (Å²) in [6, 6.07) is 20.1. The van der Waals surface area contributed by atoms with E-state index in [0.29, 0.717) is 23.7 Å². The first-order valence-electron chi connectivity index (χ1n) is 12.5. The predicted octanol–water partition coefficient (Wildman–Crippen LogP) is 6.24. The Kier molecular flexibility index (Phi) is 6.76. The molecule has 1 aliphatic heterocycles. The third-order valence-corrected chi connectivity index (χ3v) is 7.01. The standard InChI is InChI=1S/C31H31N3O4/c1-18-11-13-21(14-12-18)30-23-9-7-8-10-24(23)32-19(2)29(30)25-17-26(34(33-25)20(3)35)22-15-27(36-4)31(38-6)28(16-22)37-5/h7-16,26H,17H2,1-6H3/t26-/m1/s1. The van der Waals surface area contributed by atoms with Crippen molar-refractivity contribution in [1.29, 1.82) is 0 Å². The zero-order chi connectivity index (χ0) is 27.0. The SMILES string of the molecule is COc1cc([C@H]2CC(c3c(C)nc4ccccc4c3-c3ccc(C)cc3)=NN2C(C)=O)cc(OC)c1OC. The van der Waals surface area contributed by atoms with E-state index >= 15 is 0 Å². The van der Waals surface area contributed by atoms with Gasteiger partial charge in [-0.25, -0.2) is 5.01 Å². The van der Waals surface area contributed by atoms with E-state index in [9.17, 15) is 4.79 Å². The molecular formula is C31H31N3O4. The van der Waals surface area contributed by atoms with Crippen LogP contribution in [-0.4, -0.2) is 42.9 Å². The average molecular weight is 510 g/mol. The van der Waals surface area contributed by atoms with Crippen molar-refractivity contribution in [3.63, 3.8) is 0 Å². The molecule has 0 aliphatic carbocycles. The number of ether oxygens (including phenoxy) is 3. The normalized spacial score (nSPS) is 14.9. The molecule has 0 saturated heterocycles. The van der Waals surface area contributed by atoms with E-state index in [1.165, 1.54) is 12.5 Å². The molecule has 1 aromatic heterocycles. The van der Waals surface area contributed by atoms with E-state index in [1.807, 2.05) is 37.3 Å². The minimum atomic E-state index is -0.340. The van der Waals surface area contributed by atoms with Crippen LogP contribution in [0.25, 0.3) is 22.0 Å². The van der Waals surface area contributed by atoms with Crippen molar-refractivity contribution in [3.8, 4) is 28.4 Å². The van der Waals surface area contributed by atoms with Gasteiger partial charge in [0.2, 0.25) is 11.7 Å². The van der Waals surface area contributed by atoms with Gasteiger partial charge in [0.25, 0.3) is 0 Å². The zero-order valence-electron chi connectivity index (χ0n) is 22.5. The molecule has 194 valence electrons. The molecule has 0 radical (unpaired) electrons. The van der Waals surface area contributed by atoms with Gasteiger partial charge in [-0.2, -0.15) is 5.10 Å². The fourth-order valence-electron chi connectivity index (χ4n) is 5.21. The number of pyridine rings is 1. The summed E-state index contributed by atoms with van der Waals surface area (Å²) in [7, 11) is 4.73. The van der Waals surface area contributed by atoms with Crippen molar-refractivity contribution < 1.29 is 19.0 Å². The number of fused-ring (bicyclic) bond motifs is 1. The summed E-state index contributed by atoms with van der Waals surface area (Å²) in [4.78, 5) is 17.8. The van der Waals surface area contributed by atoms with E-state index in [-0.39, 0.29) is 11.9 Å². The van der Waals surface area contributed by atoms with Gasteiger partial charge in [-0.3, -0.25) is 9.78 Å². The van der Waals surface area contributed by atoms with Crippen LogP contribution in [0.1, 0.15) is 41.8 Å². The molecule has 7 heteroatoms. The van der Waals surface area contributed by atoms with Gasteiger partial charge in [-0.05, 0) is 43.2 Å². The number of benzene rings is 3. The largest absolute Gasteiger partial charge is 0.493 e. The number of amides is 1. The van der Waals surface area contributed by atoms with Crippen LogP contribution >= 0.6 is 0 Å². The van der Waals surface area contributed by atoms with E-state index in [1.54, 1.807) is 26.3 Å². The first kappa shape index (κ1) is 25.3. The highest BCUT2D eigenvalue weighted by Crippen LogP contribution is 2.44. The Morgan fingerprint density at radius 2 is 1.55 bits per heavy atom. The number of hydrazone groups is 1. The van der Waals surface area contributed by atoms with Gasteiger partial charge >= 0.3 is 0 Å². The van der Waals surface area contributed by atoms with Crippen LogP contribution in [0.15, 0.2) is 65.8 Å². The number of methoxy groups -OCH3 is 3. The molecule has 0 fully saturated rings. The van der Waals surface area contributed by atoms with E-state index in [4.69, 9.17) is 24.3 Å². The highest BCUT2D eigenvalue weighted by atomic mass is 16.5. The van der Waals surface area contributed by atoms with Crippen LogP contribution in [0.2, 0.25) is 0 Å². The number of carbonyl (C=O) groups is 1. The molecular weight excluding hydrogens is 478 g/mol. The molecule has 0 spiro atoms. The second kappa shape index (κ2) is 10.2. The molecule has 5 rings (SSSR count). The van der Waals surface area contributed by atoms with Crippen LogP contribution < -0.4 is 14.2 Å². The van der Waals surface area contributed by atoms with Crippen molar-refractivity contribution in [1.82, 2.24) is 9.99 Å². The fraction of sp³-hybridized carbons (Fsp3) is 0.258. The van der Waals surface area contributed by atoms with Gasteiger partial charge < -0.3 is 14.2 Å². The number of hydrogen-bond donors (Lipinski definition) is 0. The van der Waals surface area contributed by atoms with Crippen molar-refractivity contribution >= 4 is 22.5 Å². The van der Waals surface area contributed by atoms with Crippen molar-refractivity contribution in [2.75, 3.05) is 21.3 Å². The third-order valence-electron chi connectivity index (χ3n) is 7.01. The monoisotopic (exact) mass is 509 g/mol. The summed E-state index contributed by atoms with van der Waals surface area (Å²) in [5.74, 6) is 1.41. The molecule has 1 aliphatic rings. The molecule has 0 unspecified atom stereocenters. The molecule has 2 heterocycles. The van der Waals surface area contributed by atoms with Gasteiger partial charge in [0.1, 0.15) is 0 Å². The van der Waals surface area contributed by atoms with Crippen LogP contribution in [-0.2, 0) is 4.79 Å². The molecule has 0 saturated carbocycles. The second-order valence-corrected chi connectivity index (χ2v) is 9.42. The Bertz CT molecular complexity index is 1530. The van der Waals surface area contributed by atoms with Crippen molar-refractivity contribution in [2.45, 2.75) is 33.2 Å². The molecule has 3 aromatic carbocycles. The Hall–Kier alpha value is -4.39. The maximum Gasteiger partial charge on any atom is 0.240 e. The molecule has 38 heavy (non-hydrogen) atoms. The van der Waals surface area contributed by atoms with E-state index in [0.717, 1.165) is 44.6 Å². The topological polar surface area (TPSA) is 73.3 Å². The number of aromatic nitrogens is 1. The van der Waals surface area contributed by atoms with Gasteiger partial charge in [0, 0.05) is 35.6 Å². The lowest BCUT2D eigenvalue weighted by Crippen LogP contribution is -2.24. The highest BCUT2D eigenvalue weighted by Gasteiger charge is 2.35. The van der Waals surface area contributed by atoms with Crippen LogP contribution in [0.5, 0.6) is 17.2 Å². The first-order valence-corrected chi connectivity index (χ1v) is 12.5. The lowest BCUT2D eigenvalue weighted by Gasteiger charge is -2.22. The summed E-state index contributed by atoms with van der Waals surface area (Å²) in [6.45, 7) is 5.62. The summed E-state index contributed by atoms with van der Waals surface area (Å²) < 4.78 is 16.7. The number of nitrogens with zero attached hydrogens (tertiary/aromatic N) is 3. The molecule has 0 N–H and O–H groups in total. The second-order valence-electron chi connectivity index (χ2n) is 9.42. The van der Waals surface area contributed by atoms with Crippen molar-refractivity contribution in [3.05, 3.63) is 83.0 Å². The number of para-hydroxylation sites is 1. The van der Waals surface area contributed by atoms with Gasteiger partial charge in [0.05, 0.1) is 38.6 Å².